The maximum Gasteiger partial charge on any atom is 0.245 e. The summed E-state index contributed by atoms with van der Waals surface area (Å²) in [7, 11) is 3.71. The number of rotatable bonds is 8. The number of nitrogens with zero attached hydrogens (tertiary/aromatic N) is 1. The van der Waals surface area contributed by atoms with Gasteiger partial charge in [0.15, 0.2) is 0 Å². The number of carbonyl (C=O) groups excluding carboxylic acids is 2. The number of nitrogens with one attached hydrogen (secondary N) is 2. The SMILES string of the molecule is CNCCN(C)C(=O)C(Cc1ccccc1)NC(=O)C12CC3CC(CC(C3)C1)C2.Cl. The molecule has 0 aromatic heterocycles. The van der Waals surface area contributed by atoms with Crippen LogP contribution in [0.5, 0.6) is 0 Å². The van der Waals surface area contributed by atoms with E-state index in [4.69, 9.17) is 0 Å². The van der Waals surface area contributed by atoms with Crippen molar-refractivity contribution in [3.05, 3.63) is 35.9 Å². The lowest BCUT2D eigenvalue weighted by Gasteiger charge is -2.55. The lowest BCUT2D eigenvalue weighted by Crippen LogP contribution is -2.58. The summed E-state index contributed by atoms with van der Waals surface area (Å²) in [6.07, 6.45) is 7.54. The molecule has 4 fully saturated rings. The molecule has 4 aliphatic rings. The van der Waals surface area contributed by atoms with Crippen molar-refractivity contribution < 1.29 is 9.59 Å². The summed E-state index contributed by atoms with van der Waals surface area (Å²) < 4.78 is 0. The molecule has 2 N–H and O–H groups in total. The van der Waals surface area contributed by atoms with Gasteiger partial charge in [-0.25, -0.2) is 0 Å². The van der Waals surface area contributed by atoms with Crippen LogP contribution in [0.1, 0.15) is 44.1 Å². The van der Waals surface area contributed by atoms with Gasteiger partial charge in [-0.1, -0.05) is 30.3 Å². The van der Waals surface area contributed by atoms with Crippen LogP contribution in [-0.4, -0.2) is 49.9 Å². The minimum absolute atomic E-state index is 0. The molecular formula is C24H36ClN3O2. The van der Waals surface area contributed by atoms with Gasteiger partial charge in [-0.05, 0) is 68.9 Å². The molecule has 0 aliphatic heterocycles. The van der Waals surface area contributed by atoms with Crippen molar-refractivity contribution in [3.8, 4) is 0 Å². The molecule has 166 valence electrons. The van der Waals surface area contributed by atoms with Gasteiger partial charge < -0.3 is 15.5 Å². The molecule has 2 amide bonds. The molecule has 0 spiro atoms. The second-order valence-electron chi connectivity index (χ2n) is 9.78. The van der Waals surface area contributed by atoms with Crippen LogP contribution in [0.4, 0.5) is 0 Å². The van der Waals surface area contributed by atoms with E-state index >= 15 is 0 Å². The number of likely N-dealkylation sites (N-methyl/N-ethyl adjacent to an activating group) is 2. The highest BCUT2D eigenvalue weighted by atomic mass is 35.5. The van der Waals surface area contributed by atoms with Crippen molar-refractivity contribution in [1.82, 2.24) is 15.5 Å². The smallest absolute Gasteiger partial charge is 0.245 e. The summed E-state index contributed by atoms with van der Waals surface area (Å²) in [5.41, 5.74) is 0.853. The molecule has 4 bridgehead atoms. The molecule has 0 radical (unpaired) electrons. The van der Waals surface area contributed by atoms with Crippen molar-refractivity contribution in [1.29, 1.82) is 0 Å². The summed E-state index contributed by atoms with van der Waals surface area (Å²) in [4.78, 5) is 28.5. The Morgan fingerprint density at radius 1 is 1.07 bits per heavy atom. The van der Waals surface area contributed by atoms with Crippen LogP contribution in [0.2, 0.25) is 0 Å². The van der Waals surface area contributed by atoms with E-state index in [0.29, 0.717) is 30.7 Å². The largest absolute Gasteiger partial charge is 0.343 e. The van der Waals surface area contributed by atoms with E-state index < -0.39 is 6.04 Å². The number of amides is 2. The van der Waals surface area contributed by atoms with Crippen LogP contribution < -0.4 is 10.6 Å². The molecular weight excluding hydrogens is 398 g/mol. The first-order chi connectivity index (χ1) is 14.0. The van der Waals surface area contributed by atoms with E-state index in [1.165, 1.54) is 19.3 Å². The highest BCUT2D eigenvalue weighted by molar-refractivity contribution is 5.90. The third kappa shape index (κ3) is 4.83. The van der Waals surface area contributed by atoms with E-state index in [2.05, 4.69) is 10.6 Å². The first kappa shape index (κ1) is 23.1. The first-order valence-corrected chi connectivity index (χ1v) is 11.2. The van der Waals surface area contributed by atoms with Crippen LogP contribution >= 0.6 is 12.4 Å². The Kier molecular flexibility index (Phi) is 7.46. The van der Waals surface area contributed by atoms with Crippen LogP contribution in [0.3, 0.4) is 0 Å². The highest BCUT2D eigenvalue weighted by Crippen LogP contribution is 2.60. The molecule has 4 saturated carbocycles. The van der Waals surface area contributed by atoms with E-state index in [1.807, 2.05) is 44.4 Å². The lowest BCUT2D eigenvalue weighted by molar-refractivity contribution is -0.149. The van der Waals surface area contributed by atoms with Gasteiger partial charge in [-0.2, -0.15) is 0 Å². The van der Waals surface area contributed by atoms with Crippen LogP contribution in [-0.2, 0) is 16.0 Å². The van der Waals surface area contributed by atoms with Crippen LogP contribution in [0.25, 0.3) is 0 Å². The Balaban J connectivity index is 0.00000256. The van der Waals surface area contributed by atoms with E-state index in [0.717, 1.165) is 31.4 Å². The fourth-order valence-electron chi connectivity index (χ4n) is 6.41. The Labute approximate surface area is 186 Å². The van der Waals surface area contributed by atoms with Crippen molar-refractivity contribution in [2.45, 2.75) is 51.0 Å². The molecule has 1 aromatic carbocycles. The predicted molar refractivity (Wildman–Crippen MR) is 121 cm³/mol. The van der Waals surface area contributed by atoms with Crippen LogP contribution in [0, 0.1) is 23.2 Å². The molecule has 1 aromatic rings. The molecule has 5 rings (SSSR count). The maximum absolute atomic E-state index is 13.5. The van der Waals surface area contributed by atoms with Gasteiger partial charge >= 0.3 is 0 Å². The zero-order chi connectivity index (χ0) is 20.4. The number of hydrogen-bond donors (Lipinski definition) is 2. The summed E-state index contributed by atoms with van der Waals surface area (Å²) in [6, 6.07) is 9.52. The zero-order valence-corrected chi connectivity index (χ0v) is 19.0. The quantitative estimate of drug-likeness (QED) is 0.662. The fraction of sp³-hybridized carbons (Fsp3) is 0.667. The summed E-state index contributed by atoms with van der Waals surface area (Å²) in [5.74, 6) is 2.28. The summed E-state index contributed by atoms with van der Waals surface area (Å²) in [6.45, 7) is 1.37. The number of benzene rings is 1. The average molecular weight is 434 g/mol. The monoisotopic (exact) mass is 433 g/mol. The molecule has 0 saturated heterocycles. The maximum atomic E-state index is 13.5. The molecule has 30 heavy (non-hydrogen) atoms. The van der Waals surface area contributed by atoms with E-state index in [9.17, 15) is 9.59 Å². The Morgan fingerprint density at radius 3 is 2.17 bits per heavy atom. The van der Waals surface area contributed by atoms with Crippen LogP contribution in [0.15, 0.2) is 30.3 Å². The zero-order valence-electron chi connectivity index (χ0n) is 18.2. The van der Waals surface area contributed by atoms with Gasteiger partial charge in [-0.15, -0.1) is 12.4 Å². The van der Waals surface area contributed by atoms with Crippen molar-refractivity contribution in [3.63, 3.8) is 0 Å². The normalized spacial score (nSPS) is 29.7. The van der Waals surface area contributed by atoms with E-state index in [-0.39, 0.29) is 29.6 Å². The fourth-order valence-corrected chi connectivity index (χ4v) is 6.41. The highest BCUT2D eigenvalue weighted by Gasteiger charge is 2.55. The van der Waals surface area contributed by atoms with Crippen molar-refractivity contribution in [2.24, 2.45) is 23.2 Å². The van der Waals surface area contributed by atoms with Gasteiger partial charge in [0, 0.05) is 32.0 Å². The van der Waals surface area contributed by atoms with Gasteiger partial charge in [-0.3, -0.25) is 9.59 Å². The van der Waals surface area contributed by atoms with Gasteiger partial charge in [0.05, 0.1) is 0 Å². The van der Waals surface area contributed by atoms with Gasteiger partial charge in [0.25, 0.3) is 0 Å². The first-order valence-electron chi connectivity index (χ1n) is 11.2. The van der Waals surface area contributed by atoms with Gasteiger partial charge in [0.1, 0.15) is 6.04 Å². The van der Waals surface area contributed by atoms with E-state index in [1.54, 1.807) is 4.90 Å². The predicted octanol–water partition coefficient (Wildman–Crippen LogP) is 3.03. The molecule has 5 nitrogen and oxygen atoms in total. The third-order valence-corrected chi connectivity index (χ3v) is 7.48. The Morgan fingerprint density at radius 2 is 1.63 bits per heavy atom. The average Bonchev–Trinajstić information content (AvgIpc) is 2.70. The summed E-state index contributed by atoms with van der Waals surface area (Å²) in [5, 5.41) is 6.32. The minimum atomic E-state index is -0.500. The van der Waals surface area contributed by atoms with Crippen molar-refractivity contribution in [2.75, 3.05) is 27.2 Å². The number of halogens is 1. The summed E-state index contributed by atoms with van der Waals surface area (Å²) >= 11 is 0. The molecule has 4 aliphatic carbocycles. The minimum Gasteiger partial charge on any atom is -0.343 e. The second kappa shape index (κ2) is 9.69. The van der Waals surface area contributed by atoms with Crippen molar-refractivity contribution >= 4 is 24.2 Å². The molecule has 0 heterocycles. The molecule has 1 unspecified atom stereocenters. The molecule has 1 atom stereocenters. The van der Waals surface area contributed by atoms with Gasteiger partial charge in [0.2, 0.25) is 11.8 Å². The molecule has 6 heteroatoms. The third-order valence-electron chi connectivity index (χ3n) is 7.48. The second-order valence-corrected chi connectivity index (χ2v) is 9.78. The topological polar surface area (TPSA) is 61.4 Å². The standard InChI is InChI=1S/C24H35N3O2.ClH/c1-25-8-9-27(2)22(28)21(13-17-6-4-3-5-7-17)26-23(29)24-14-18-10-19(15-24)12-20(11-18)16-24;/h3-7,18-21,25H,8-16H2,1-2H3,(H,26,29);1H. The Hall–Kier alpha value is -1.59. The lowest BCUT2D eigenvalue weighted by atomic mass is 9.49. The Bertz CT molecular complexity index is 704. The number of carbonyl (C=O) groups is 2. The number of hydrogen-bond acceptors (Lipinski definition) is 3.